The van der Waals surface area contributed by atoms with E-state index in [1.54, 1.807) is 0 Å². The second-order valence-corrected chi connectivity index (χ2v) is 5.86. The maximum Gasteiger partial charge on any atom is 0.389 e. The number of hydrogen-bond donors (Lipinski definition) is 1. The summed E-state index contributed by atoms with van der Waals surface area (Å²) in [4.78, 5) is 0. The summed E-state index contributed by atoms with van der Waals surface area (Å²) >= 11 is 0. The minimum Gasteiger partial charge on any atom is -0.314 e. The molecule has 1 N–H and O–H groups in total. The van der Waals surface area contributed by atoms with Crippen LogP contribution in [0.25, 0.3) is 0 Å². The molecule has 1 nitrogen and oxygen atoms in total. The Kier molecular flexibility index (Phi) is 4.57. The smallest absolute Gasteiger partial charge is 0.314 e. The van der Waals surface area contributed by atoms with Crippen molar-refractivity contribution in [3.63, 3.8) is 0 Å². The van der Waals surface area contributed by atoms with Gasteiger partial charge in [0.05, 0.1) is 0 Å². The van der Waals surface area contributed by atoms with Crippen molar-refractivity contribution >= 4 is 0 Å². The van der Waals surface area contributed by atoms with E-state index >= 15 is 0 Å². The molecule has 0 radical (unpaired) electrons. The van der Waals surface area contributed by atoms with Crippen molar-refractivity contribution in [2.45, 2.75) is 64.1 Å². The Hall–Kier alpha value is -0.250. The van der Waals surface area contributed by atoms with E-state index in [0.717, 1.165) is 18.4 Å². The predicted molar refractivity (Wildman–Crippen MR) is 66.3 cm³/mol. The molecule has 3 atom stereocenters. The van der Waals surface area contributed by atoms with Crippen LogP contribution in [0.15, 0.2) is 0 Å². The highest BCUT2D eigenvalue weighted by atomic mass is 19.4. The zero-order valence-corrected chi connectivity index (χ0v) is 11.1. The van der Waals surface area contributed by atoms with E-state index in [2.05, 4.69) is 5.32 Å². The van der Waals surface area contributed by atoms with Gasteiger partial charge < -0.3 is 5.32 Å². The lowest BCUT2D eigenvalue weighted by Gasteiger charge is -2.18. The molecule has 0 spiro atoms. The maximum atomic E-state index is 12.2. The lowest BCUT2D eigenvalue weighted by atomic mass is 10.0. The average molecular weight is 263 g/mol. The van der Waals surface area contributed by atoms with Gasteiger partial charge in [-0.25, -0.2) is 0 Å². The number of hydrogen-bond acceptors (Lipinski definition) is 1. The Morgan fingerprint density at radius 1 is 1.17 bits per heavy atom. The van der Waals surface area contributed by atoms with E-state index in [1.807, 2.05) is 6.92 Å². The SMILES string of the molecule is CCNC(CCCC(F)(F)F)C1C2CCCCC21. The predicted octanol–water partition coefficient (Wildman–Crippen LogP) is 4.13. The first kappa shape index (κ1) is 14.2. The highest BCUT2D eigenvalue weighted by molar-refractivity contribution is 5.04. The summed E-state index contributed by atoms with van der Waals surface area (Å²) in [5.41, 5.74) is 0. The standard InChI is InChI=1S/C14H24F3N/c1-2-18-12(8-5-9-14(15,16)17)13-10-6-3-4-7-11(10)13/h10-13,18H,2-9H2,1H3. The van der Waals surface area contributed by atoms with E-state index < -0.39 is 12.6 Å². The third kappa shape index (κ3) is 3.62. The monoisotopic (exact) mass is 263 g/mol. The largest absolute Gasteiger partial charge is 0.389 e. The molecule has 0 saturated heterocycles. The molecule has 4 heteroatoms. The van der Waals surface area contributed by atoms with Crippen LogP contribution < -0.4 is 5.32 Å². The molecule has 0 aliphatic heterocycles. The maximum absolute atomic E-state index is 12.2. The normalized spacial score (nSPS) is 33.0. The zero-order chi connectivity index (χ0) is 13.2. The van der Waals surface area contributed by atoms with E-state index in [-0.39, 0.29) is 6.42 Å². The van der Waals surface area contributed by atoms with Gasteiger partial charge in [0.15, 0.2) is 0 Å². The van der Waals surface area contributed by atoms with Crippen LogP contribution >= 0.6 is 0 Å². The minimum atomic E-state index is -3.99. The summed E-state index contributed by atoms with van der Waals surface area (Å²) in [6, 6.07) is 0.324. The van der Waals surface area contributed by atoms with Crippen LogP contribution in [0.4, 0.5) is 13.2 Å². The van der Waals surface area contributed by atoms with Gasteiger partial charge in [0, 0.05) is 12.5 Å². The second-order valence-electron chi connectivity index (χ2n) is 5.86. The summed E-state index contributed by atoms with van der Waals surface area (Å²) < 4.78 is 36.6. The molecule has 0 aromatic rings. The topological polar surface area (TPSA) is 12.0 Å². The highest BCUT2D eigenvalue weighted by Crippen LogP contribution is 2.57. The van der Waals surface area contributed by atoms with Crippen LogP contribution in [0.1, 0.15) is 51.9 Å². The van der Waals surface area contributed by atoms with Gasteiger partial charge in [-0.1, -0.05) is 19.8 Å². The molecular formula is C14H24F3N. The molecule has 0 bridgehead atoms. The molecule has 106 valence electrons. The van der Waals surface area contributed by atoms with E-state index in [4.69, 9.17) is 0 Å². The van der Waals surface area contributed by atoms with Crippen LogP contribution in [0, 0.1) is 17.8 Å². The lowest BCUT2D eigenvalue weighted by Crippen LogP contribution is -2.32. The van der Waals surface area contributed by atoms with Crippen molar-refractivity contribution in [3.8, 4) is 0 Å². The van der Waals surface area contributed by atoms with Crippen LogP contribution in [0.5, 0.6) is 0 Å². The number of nitrogens with one attached hydrogen (secondary N) is 1. The molecule has 0 aromatic carbocycles. The lowest BCUT2D eigenvalue weighted by molar-refractivity contribution is -0.135. The molecule has 0 heterocycles. The first-order valence-electron chi connectivity index (χ1n) is 7.33. The van der Waals surface area contributed by atoms with Gasteiger partial charge in [-0.2, -0.15) is 13.2 Å². The van der Waals surface area contributed by atoms with E-state index in [0.29, 0.717) is 18.4 Å². The Morgan fingerprint density at radius 3 is 2.28 bits per heavy atom. The summed E-state index contributed by atoms with van der Waals surface area (Å²) in [6.07, 6.45) is 1.58. The molecule has 0 amide bonds. The Balaban J connectivity index is 1.78. The Morgan fingerprint density at radius 2 is 1.78 bits per heavy atom. The summed E-state index contributed by atoms with van der Waals surface area (Å²) in [6.45, 7) is 2.91. The van der Waals surface area contributed by atoms with Gasteiger partial charge in [-0.15, -0.1) is 0 Å². The number of alkyl halides is 3. The van der Waals surface area contributed by atoms with Crippen molar-refractivity contribution in [2.75, 3.05) is 6.54 Å². The van der Waals surface area contributed by atoms with Gasteiger partial charge in [-0.05, 0) is 50.0 Å². The molecule has 3 unspecified atom stereocenters. The van der Waals surface area contributed by atoms with Gasteiger partial charge >= 0.3 is 6.18 Å². The minimum absolute atomic E-state index is 0.275. The molecule has 2 aliphatic carbocycles. The summed E-state index contributed by atoms with van der Waals surface area (Å²) in [5.74, 6) is 2.29. The molecule has 2 rings (SSSR count). The Labute approximate surface area is 108 Å². The molecule has 0 aromatic heterocycles. The van der Waals surface area contributed by atoms with Crippen molar-refractivity contribution in [1.29, 1.82) is 0 Å². The van der Waals surface area contributed by atoms with Crippen molar-refractivity contribution in [3.05, 3.63) is 0 Å². The first-order valence-corrected chi connectivity index (χ1v) is 7.33. The van der Waals surface area contributed by atoms with Crippen molar-refractivity contribution < 1.29 is 13.2 Å². The van der Waals surface area contributed by atoms with Crippen LogP contribution in [0.2, 0.25) is 0 Å². The van der Waals surface area contributed by atoms with Gasteiger partial charge in [0.1, 0.15) is 0 Å². The summed E-state index contributed by atoms with van der Waals surface area (Å²) in [5, 5.41) is 3.42. The van der Waals surface area contributed by atoms with E-state index in [9.17, 15) is 13.2 Å². The zero-order valence-electron chi connectivity index (χ0n) is 11.1. The van der Waals surface area contributed by atoms with Gasteiger partial charge in [-0.3, -0.25) is 0 Å². The van der Waals surface area contributed by atoms with Crippen LogP contribution in [-0.2, 0) is 0 Å². The highest BCUT2D eigenvalue weighted by Gasteiger charge is 2.53. The van der Waals surface area contributed by atoms with Gasteiger partial charge in [0.2, 0.25) is 0 Å². The number of fused-ring (bicyclic) bond motifs is 1. The number of halogens is 3. The quantitative estimate of drug-likeness (QED) is 0.759. The average Bonchev–Trinajstić information content (AvgIpc) is 3.00. The Bertz CT molecular complexity index is 252. The van der Waals surface area contributed by atoms with E-state index in [1.165, 1.54) is 25.7 Å². The van der Waals surface area contributed by atoms with Crippen molar-refractivity contribution in [2.24, 2.45) is 17.8 Å². The first-order chi connectivity index (χ1) is 8.53. The molecule has 2 saturated carbocycles. The van der Waals surface area contributed by atoms with Gasteiger partial charge in [0.25, 0.3) is 0 Å². The fourth-order valence-corrected chi connectivity index (χ4v) is 3.86. The fraction of sp³-hybridized carbons (Fsp3) is 1.00. The molecule has 2 aliphatic rings. The van der Waals surface area contributed by atoms with Crippen molar-refractivity contribution in [1.82, 2.24) is 5.32 Å². The third-order valence-electron chi connectivity index (χ3n) is 4.63. The molecule has 2 fully saturated rings. The molecular weight excluding hydrogens is 239 g/mol. The van der Waals surface area contributed by atoms with Crippen LogP contribution in [-0.4, -0.2) is 18.8 Å². The third-order valence-corrected chi connectivity index (χ3v) is 4.63. The summed E-state index contributed by atoms with van der Waals surface area (Å²) in [7, 11) is 0. The van der Waals surface area contributed by atoms with Crippen LogP contribution in [0.3, 0.4) is 0 Å². The number of rotatable bonds is 6. The molecule has 18 heavy (non-hydrogen) atoms. The second kappa shape index (κ2) is 5.81. The fourth-order valence-electron chi connectivity index (χ4n) is 3.86.